The molecule has 17 heavy (non-hydrogen) atoms. The first-order valence-electron chi connectivity index (χ1n) is 7.67. The molecule has 1 heteroatoms. The second-order valence-electron chi connectivity index (χ2n) is 7.51. The molecular weight excluding hydrogens is 206 g/mol. The predicted molar refractivity (Wildman–Crippen MR) is 75.1 cm³/mol. The fraction of sp³-hybridized carbons (Fsp3) is 1.00. The van der Waals surface area contributed by atoms with Crippen LogP contribution < -0.4 is 5.32 Å². The molecule has 2 fully saturated rings. The van der Waals surface area contributed by atoms with Crippen molar-refractivity contribution in [1.82, 2.24) is 5.32 Å². The molecule has 0 spiro atoms. The molecule has 0 heterocycles. The summed E-state index contributed by atoms with van der Waals surface area (Å²) in [6.07, 6.45) is 8.80. The van der Waals surface area contributed by atoms with Crippen LogP contribution in [-0.4, -0.2) is 13.1 Å². The minimum absolute atomic E-state index is 0.545. The van der Waals surface area contributed by atoms with Crippen LogP contribution in [0.1, 0.15) is 66.2 Å². The average molecular weight is 237 g/mol. The Morgan fingerprint density at radius 1 is 0.824 bits per heavy atom. The zero-order valence-electron chi connectivity index (χ0n) is 12.3. The summed E-state index contributed by atoms with van der Waals surface area (Å²) in [6.45, 7) is 12.2. The van der Waals surface area contributed by atoms with Crippen molar-refractivity contribution in [3.8, 4) is 0 Å². The van der Waals surface area contributed by atoms with Crippen LogP contribution in [0.25, 0.3) is 0 Å². The summed E-state index contributed by atoms with van der Waals surface area (Å²) in [5, 5.41) is 3.76. The first-order valence-corrected chi connectivity index (χ1v) is 7.67. The van der Waals surface area contributed by atoms with Crippen LogP contribution in [-0.2, 0) is 0 Å². The Kier molecular flexibility index (Phi) is 3.87. The maximum atomic E-state index is 3.76. The SMILES string of the molecule is CC1(C)C(CNCC2CCCCCC2)C1(C)C. The highest BCUT2D eigenvalue weighted by atomic mass is 14.9. The lowest BCUT2D eigenvalue weighted by Crippen LogP contribution is -2.26. The first kappa shape index (κ1) is 13.4. The Balaban J connectivity index is 1.67. The summed E-state index contributed by atoms with van der Waals surface area (Å²) < 4.78 is 0. The van der Waals surface area contributed by atoms with Crippen LogP contribution >= 0.6 is 0 Å². The van der Waals surface area contributed by atoms with E-state index in [1.54, 1.807) is 0 Å². The average Bonchev–Trinajstić information content (AvgIpc) is 2.79. The Morgan fingerprint density at radius 3 is 1.82 bits per heavy atom. The lowest BCUT2D eigenvalue weighted by Gasteiger charge is -2.15. The van der Waals surface area contributed by atoms with E-state index in [0.717, 1.165) is 11.8 Å². The minimum atomic E-state index is 0.545. The molecule has 2 saturated carbocycles. The fourth-order valence-corrected chi connectivity index (χ4v) is 3.84. The molecule has 1 nitrogen and oxygen atoms in total. The van der Waals surface area contributed by atoms with Gasteiger partial charge in [0.05, 0.1) is 0 Å². The van der Waals surface area contributed by atoms with Gasteiger partial charge in [-0.2, -0.15) is 0 Å². The highest BCUT2D eigenvalue weighted by Crippen LogP contribution is 2.67. The van der Waals surface area contributed by atoms with Crippen LogP contribution in [0.3, 0.4) is 0 Å². The van der Waals surface area contributed by atoms with Crippen molar-refractivity contribution in [3.63, 3.8) is 0 Å². The van der Waals surface area contributed by atoms with E-state index in [9.17, 15) is 0 Å². The summed E-state index contributed by atoms with van der Waals surface area (Å²) in [7, 11) is 0. The van der Waals surface area contributed by atoms with Gasteiger partial charge in [-0.3, -0.25) is 0 Å². The molecule has 0 radical (unpaired) electrons. The van der Waals surface area contributed by atoms with Gasteiger partial charge in [0, 0.05) is 0 Å². The van der Waals surface area contributed by atoms with Gasteiger partial charge in [-0.15, -0.1) is 0 Å². The highest BCUT2D eigenvalue weighted by Gasteiger charge is 2.63. The molecule has 0 saturated heterocycles. The van der Waals surface area contributed by atoms with Gasteiger partial charge in [-0.25, -0.2) is 0 Å². The zero-order valence-corrected chi connectivity index (χ0v) is 12.3. The Labute approximate surface area is 108 Å². The van der Waals surface area contributed by atoms with E-state index in [-0.39, 0.29) is 0 Å². The van der Waals surface area contributed by atoms with Crippen LogP contribution in [0.2, 0.25) is 0 Å². The number of hydrogen-bond acceptors (Lipinski definition) is 1. The maximum absolute atomic E-state index is 3.76. The third-order valence-corrected chi connectivity index (χ3v) is 6.08. The monoisotopic (exact) mass is 237 g/mol. The van der Waals surface area contributed by atoms with Gasteiger partial charge in [-0.1, -0.05) is 53.4 Å². The molecule has 0 atom stereocenters. The normalized spacial score (nSPS) is 28.9. The molecule has 0 unspecified atom stereocenters. The van der Waals surface area contributed by atoms with Crippen LogP contribution in [0.4, 0.5) is 0 Å². The summed E-state index contributed by atoms with van der Waals surface area (Å²) in [5.41, 5.74) is 1.09. The molecule has 0 bridgehead atoms. The molecule has 0 aromatic carbocycles. The van der Waals surface area contributed by atoms with E-state index in [1.165, 1.54) is 51.6 Å². The van der Waals surface area contributed by atoms with Crippen molar-refractivity contribution in [3.05, 3.63) is 0 Å². The molecule has 0 aromatic rings. The third-order valence-electron chi connectivity index (χ3n) is 6.08. The summed E-state index contributed by atoms with van der Waals surface area (Å²) >= 11 is 0. The summed E-state index contributed by atoms with van der Waals surface area (Å²) in [4.78, 5) is 0. The number of rotatable bonds is 4. The van der Waals surface area contributed by atoms with Crippen LogP contribution in [0.15, 0.2) is 0 Å². The number of nitrogens with one attached hydrogen (secondary N) is 1. The molecular formula is C16H31N. The quantitative estimate of drug-likeness (QED) is 0.722. The standard InChI is InChI=1S/C16H31N/c1-15(2)14(16(15,3)4)12-17-11-13-9-7-5-6-8-10-13/h13-14,17H,5-12H2,1-4H3. The van der Waals surface area contributed by atoms with Gasteiger partial charge in [0.1, 0.15) is 0 Å². The zero-order chi connectivity index (χ0) is 12.5. The smallest absolute Gasteiger partial charge is 0.000977 e. The topological polar surface area (TPSA) is 12.0 Å². The van der Waals surface area contributed by atoms with E-state index >= 15 is 0 Å². The van der Waals surface area contributed by atoms with Gasteiger partial charge in [0.15, 0.2) is 0 Å². The minimum Gasteiger partial charge on any atom is -0.316 e. The van der Waals surface area contributed by atoms with Crippen molar-refractivity contribution in [2.24, 2.45) is 22.7 Å². The third kappa shape index (κ3) is 2.70. The molecule has 2 rings (SSSR count). The molecule has 1 N–H and O–H groups in total. The molecule has 2 aliphatic carbocycles. The van der Waals surface area contributed by atoms with E-state index in [0.29, 0.717) is 10.8 Å². The van der Waals surface area contributed by atoms with E-state index < -0.39 is 0 Å². The van der Waals surface area contributed by atoms with Gasteiger partial charge in [-0.05, 0) is 48.6 Å². The van der Waals surface area contributed by atoms with Gasteiger partial charge < -0.3 is 5.32 Å². The van der Waals surface area contributed by atoms with E-state index in [1.807, 2.05) is 0 Å². The van der Waals surface area contributed by atoms with Crippen molar-refractivity contribution in [2.45, 2.75) is 66.2 Å². The second-order valence-corrected chi connectivity index (χ2v) is 7.51. The largest absolute Gasteiger partial charge is 0.316 e. The second kappa shape index (κ2) is 4.91. The van der Waals surface area contributed by atoms with Crippen molar-refractivity contribution >= 4 is 0 Å². The summed E-state index contributed by atoms with van der Waals surface area (Å²) in [5.74, 6) is 1.84. The maximum Gasteiger partial charge on any atom is -0.000977 e. The lowest BCUT2D eigenvalue weighted by molar-refractivity contribution is 0.409. The fourth-order valence-electron chi connectivity index (χ4n) is 3.84. The molecule has 0 aromatic heterocycles. The van der Waals surface area contributed by atoms with Crippen LogP contribution in [0, 0.1) is 22.7 Å². The molecule has 2 aliphatic rings. The van der Waals surface area contributed by atoms with Gasteiger partial charge >= 0.3 is 0 Å². The summed E-state index contributed by atoms with van der Waals surface area (Å²) in [6, 6.07) is 0. The number of hydrogen-bond donors (Lipinski definition) is 1. The van der Waals surface area contributed by atoms with Gasteiger partial charge in [0.25, 0.3) is 0 Å². The predicted octanol–water partition coefficient (Wildman–Crippen LogP) is 4.23. The first-order chi connectivity index (χ1) is 7.96. The van der Waals surface area contributed by atoms with Crippen molar-refractivity contribution < 1.29 is 0 Å². The molecule has 0 aliphatic heterocycles. The van der Waals surface area contributed by atoms with Crippen LogP contribution in [0.5, 0.6) is 0 Å². The van der Waals surface area contributed by atoms with Crippen molar-refractivity contribution in [2.75, 3.05) is 13.1 Å². The highest BCUT2D eigenvalue weighted by molar-refractivity contribution is 5.12. The van der Waals surface area contributed by atoms with Crippen molar-refractivity contribution in [1.29, 1.82) is 0 Å². The Morgan fingerprint density at radius 2 is 1.35 bits per heavy atom. The molecule has 0 amide bonds. The Bertz CT molecular complexity index is 232. The van der Waals surface area contributed by atoms with E-state index in [4.69, 9.17) is 0 Å². The van der Waals surface area contributed by atoms with Gasteiger partial charge in [0.2, 0.25) is 0 Å². The van der Waals surface area contributed by atoms with E-state index in [2.05, 4.69) is 33.0 Å². The Hall–Kier alpha value is -0.0400. The lowest BCUT2D eigenvalue weighted by atomic mass is 10.0. The molecule has 100 valence electrons.